The Morgan fingerprint density at radius 1 is 0.767 bits per heavy atom. The van der Waals surface area contributed by atoms with Gasteiger partial charge in [0.05, 0.1) is 24.0 Å². The number of aromatic nitrogens is 4. The SMILES string of the molecule is CC(C)(CO)C(=O)Nc1nnc(CCCCc2nnc(NC(=O)C(C)(C)CO)s2)s1. The molecule has 0 atom stereocenters. The fourth-order valence-corrected chi connectivity index (χ4v) is 3.59. The zero-order valence-electron chi connectivity index (χ0n) is 17.6. The van der Waals surface area contributed by atoms with E-state index in [-0.39, 0.29) is 25.0 Å². The van der Waals surface area contributed by atoms with Crippen molar-refractivity contribution in [1.82, 2.24) is 20.4 Å². The van der Waals surface area contributed by atoms with Crippen molar-refractivity contribution < 1.29 is 19.8 Å². The quantitative estimate of drug-likeness (QED) is 0.374. The highest BCUT2D eigenvalue weighted by Crippen LogP contribution is 2.23. The number of aliphatic hydroxyl groups is 2. The fraction of sp³-hybridized carbons (Fsp3) is 0.667. The molecule has 30 heavy (non-hydrogen) atoms. The Bertz CT molecular complexity index is 794. The van der Waals surface area contributed by atoms with Gasteiger partial charge in [-0.1, -0.05) is 22.7 Å². The minimum atomic E-state index is -0.875. The molecule has 0 bridgehead atoms. The Labute approximate surface area is 183 Å². The predicted molar refractivity (Wildman–Crippen MR) is 115 cm³/mol. The van der Waals surface area contributed by atoms with E-state index < -0.39 is 10.8 Å². The molecule has 2 aromatic heterocycles. The number of carbonyl (C=O) groups excluding carboxylic acids is 2. The van der Waals surface area contributed by atoms with Crippen molar-refractivity contribution in [3.8, 4) is 0 Å². The van der Waals surface area contributed by atoms with Crippen LogP contribution in [0.4, 0.5) is 10.3 Å². The summed E-state index contributed by atoms with van der Waals surface area (Å²) in [6.45, 7) is 6.12. The molecule has 0 spiro atoms. The van der Waals surface area contributed by atoms with Gasteiger partial charge in [-0.05, 0) is 40.5 Å². The van der Waals surface area contributed by atoms with Crippen LogP contribution in [0.3, 0.4) is 0 Å². The standard InChI is InChI=1S/C18H28N6O4S2/c1-17(2,9-25)13(27)19-15-23-21-11(29-15)7-5-6-8-12-22-24-16(30-12)20-14(28)18(3,4)10-26/h25-26H,5-10H2,1-4H3,(H,19,23,27)(H,20,24,28). The van der Waals surface area contributed by atoms with Gasteiger partial charge in [0, 0.05) is 12.8 Å². The Balaban J connectivity index is 1.75. The molecule has 4 N–H and O–H groups in total. The van der Waals surface area contributed by atoms with Crippen molar-refractivity contribution in [2.24, 2.45) is 10.8 Å². The van der Waals surface area contributed by atoms with E-state index in [0.717, 1.165) is 35.7 Å². The maximum absolute atomic E-state index is 12.1. The second-order valence-electron chi connectivity index (χ2n) is 8.20. The molecule has 10 nitrogen and oxygen atoms in total. The minimum Gasteiger partial charge on any atom is -0.395 e. The summed E-state index contributed by atoms with van der Waals surface area (Å²) >= 11 is 2.64. The van der Waals surface area contributed by atoms with Crippen molar-refractivity contribution in [3.63, 3.8) is 0 Å². The first kappa shape index (κ1) is 24.3. The van der Waals surface area contributed by atoms with Crippen molar-refractivity contribution in [2.75, 3.05) is 23.8 Å². The van der Waals surface area contributed by atoms with Gasteiger partial charge in [0.15, 0.2) is 0 Å². The molecule has 0 fully saturated rings. The molecule has 12 heteroatoms. The number of aliphatic hydroxyl groups excluding tert-OH is 2. The van der Waals surface area contributed by atoms with Crippen LogP contribution in [0.15, 0.2) is 0 Å². The molecular weight excluding hydrogens is 428 g/mol. The van der Waals surface area contributed by atoms with Gasteiger partial charge >= 0.3 is 0 Å². The van der Waals surface area contributed by atoms with Crippen LogP contribution in [0.5, 0.6) is 0 Å². The number of carbonyl (C=O) groups is 2. The highest BCUT2D eigenvalue weighted by atomic mass is 32.1. The molecule has 0 unspecified atom stereocenters. The number of amides is 2. The molecule has 0 aromatic carbocycles. The van der Waals surface area contributed by atoms with E-state index in [2.05, 4.69) is 31.0 Å². The molecule has 0 saturated carbocycles. The number of rotatable bonds is 11. The molecular formula is C18H28N6O4S2. The van der Waals surface area contributed by atoms with Crippen LogP contribution in [-0.4, -0.2) is 55.6 Å². The summed E-state index contributed by atoms with van der Waals surface area (Å²) in [7, 11) is 0. The summed E-state index contributed by atoms with van der Waals surface area (Å²) in [6, 6.07) is 0. The summed E-state index contributed by atoms with van der Waals surface area (Å²) in [5.74, 6) is -0.594. The van der Waals surface area contributed by atoms with Gasteiger partial charge in [-0.15, -0.1) is 20.4 Å². The third kappa shape index (κ3) is 6.76. The smallest absolute Gasteiger partial charge is 0.234 e. The van der Waals surface area contributed by atoms with E-state index >= 15 is 0 Å². The maximum atomic E-state index is 12.1. The average molecular weight is 457 g/mol. The first-order valence-corrected chi connectivity index (χ1v) is 11.2. The Morgan fingerprint density at radius 3 is 1.47 bits per heavy atom. The van der Waals surface area contributed by atoms with Gasteiger partial charge in [0.2, 0.25) is 22.1 Å². The summed E-state index contributed by atoms with van der Waals surface area (Å²) in [6.07, 6.45) is 3.18. The molecule has 0 aliphatic carbocycles. The zero-order chi connectivity index (χ0) is 22.4. The highest BCUT2D eigenvalue weighted by Gasteiger charge is 2.28. The molecule has 2 aromatic rings. The number of nitrogens with one attached hydrogen (secondary N) is 2. The molecule has 0 saturated heterocycles. The number of hydrogen-bond acceptors (Lipinski definition) is 10. The summed E-state index contributed by atoms with van der Waals surface area (Å²) in [5.41, 5.74) is -1.75. The molecule has 0 radical (unpaired) electrons. The van der Waals surface area contributed by atoms with Crippen LogP contribution in [0.1, 0.15) is 50.6 Å². The average Bonchev–Trinajstić information content (AvgIpc) is 3.34. The number of nitrogens with zero attached hydrogens (tertiary/aromatic N) is 4. The molecule has 2 amide bonds. The second kappa shape index (κ2) is 10.3. The molecule has 0 aliphatic rings. The van der Waals surface area contributed by atoms with E-state index in [4.69, 9.17) is 0 Å². The Kier molecular flexibility index (Phi) is 8.35. The van der Waals surface area contributed by atoms with Crippen molar-refractivity contribution in [2.45, 2.75) is 53.4 Å². The summed E-state index contributed by atoms with van der Waals surface area (Å²) < 4.78 is 0. The first-order valence-electron chi connectivity index (χ1n) is 9.57. The summed E-state index contributed by atoms with van der Waals surface area (Å²) in [5, 5.41) is 42.5. The third-order valence-corrected chi connectivity index (χ3v) is 6.22. The monoisotopic (exact) mass is 456 g/mol. The van der Waals surface area contributed by atoms with Crippen LogP contribution >= 0.6 is 22.7 Å². The largest absolute Gasteiger partial charge is 0.395 e. The van der Waals surface area contributed by atoms with Crippen LogP contribution in [-0.2, 0) is 22.4 Å². The highest BCUT2D eigenvalue weighted by molar-refractivity contribution is 7.15. The van der Waals surface area contributed by atoms with Crippen LogP contribution in [0.2, 0.25) is 0 Å². The van der Waals surface area contributed by atoms with E-state index in [1.165, 1.54) is 22.7 Å². The lowest BCUT2D eigenvalue weighted by Gasteiger charge is -2.19. The number of anilines is 2. The fourth-order valence-electron chi connectivity index (χ4n) is 2.04. The second-order valence-corrected chi connectivity index (χ2v) is 10.3. The number of hydrogen-bond donors (Lipinski definition) is 4. The van der Waals surface area contributed by atoms with Crippen molar-refractivity contribution in [3.05, 3.63) is 10.0 Å². The van der Waals surface area contributed by atoms with Crippen LogP contribution < -0.4 is 10.6 Å². The van der Waals surface area contributed by atoms with Crippen molar-refractivity contribution in [1.29, 1.82) is 0 Å². The van der Waals surface area contributed by atoms with E-state index in [0.29, 0.717) is 10.3 Å². The Morgan fingerprint density at radius 2 is 1.13 bits per heavy atom. The van der Waals surface area contributed by atoms with E-state index in [9.17, 15) is 19.8 Å². The normalized spacial score (nSPS) is 12.1. The van der Waals surface area contributed by atoms with E-state index in [1.807, 2.05) is 0 Å². The van der Waals surface area contributed by atoms with Gasteiger partial charge < -0.3 is 10.2 Å². The Hall–Kier alpha value is -2.02. The van der Waals surface area contributed by atoms with Gasteiger partial charge in [-0.3, -0.25) is 20.2 Å². The van der Waals surface area contributed by atoms with Gasteiger partial charge in [-0.25, -0.2) is 0 Å². The van der Waals surface area contributed by atoms with Gasteiger partial charge in [0.1, 0.15) is 10.0 Å². The van der Waals surface area contributed by atoms with Crippen LogP contribution in [0.25, 0.3) is 0 Å². The number of aryl methyl sites for hydroxylation is 2. The predicted octanol–water partition coefficient (Wildman–Crippen LogP) is 1.87. The van der Waals surface area contributed by atoms with Gasteiger partial charge in [-0.2, -0.15) is 0 Å². The molecule has 2 heterocycles. The number of unbranched alkanes of at least 4 members (excludes halogenated alkanes) is 1. The van der Waals surface area contributed by atoms with Gasteiger partial charge in [0.25, 0.3) is 0 Å². The first-order chi connectivity index (χ1) is 14.1. The lowest BCUT2D eigenvalue weighted by molar-refractivity contribution is -0.126. The third-order valence-electron chi connectivity index (χ3n) is 4.43. The maximum Gasteiger partial charge on any atom is 0.234 e. The topological polar surface area (TPSA) is 150 Å². The molecule has 2 rings (SSSR count). The zero-order valence-corrected chi connectivity index (χ0v) is 19.2. The van der Waals surface area contributed by atoms with Crippen LogP contribution in [0, 0.1) is 10.8 Å². The molecule has 166 valence electrons. The lowest BCUT2D eigenvalue weighted by Crippen LogP contribution is -2.33. The lowest BCUT2D eigenvalue weighted by atomic mass is 9.94. The van der Waals surface area contributed by atoms with E-state index in [1.54, 1.807) is 27.7 Å². The summed E-state index contributed by atoms with van der Waals surface area (Å²) in [4.78, 5) is 24.1. The van der Waals surface area contributed by atoms with Crippen molar-refractivity contribution >= 4 is 44.8 Å². The minimum absolute atomic E-state index is 0.249. The molecule has 0 aliphatic heterocycles.